The van der Waals surface area contributed by atoms with Crippen molar-refractivity contribution in [3.05, 3.63) is 34.9 Å². The van der Waals surface area contributed by atoms with E-state index in [0.29, 0.717) is 24.0 Å². The number of hydrogen-bond acceptors (Lipinski definition) is 3. The van der Waals surface area contributed by atoms with Crippen molar-refractivity contribution in [2.45, 2.75) is 57.2 Å². The van der Waals surface area contributed by atoms with Crippen molar-refractivity contribution in [3.63, 3.8) is 0 Å². The molecule has 1 aliphatic heterocycles. The highest BCUT2D eigenvalue weighted by atomic mass is 15.5. The highest BCUT2D eigenvalue weighted by molar-refractivity contribution is 5.41. The number of likely N-dealkylation sites (N-methyl/N-ethyl adjacent to an activating group) is 2. The van der Waals surface area contributed by atoms with Gasteiger partial charge in [0.05, 0.1) is 0 Å². The van der Waals surface area contributed by atoms with E-state index in [1.54, 1.807) is 16.7 Å². The lowest BCUT2D eigenvalue weighted by molar-refractivity contribution is 0.238. The summed E-state index contributed by atoms with van der Waals surface area (Å²) < 4.78 is 0. The molecule has 3 rings (SSSR count). The zero-order valence-corrected chi connectivity index (χ0v) is 14.1. The SMILES string of the molecule is CC1NN(C)C(C)C1c1cccc2c1C[C@@H](N(C)C)CC2. The maximum absolute atomic E-state index is 3.58. The Morgan fingerprint density at radius 1 is 1.24 bits per heavy atom. The Morgan fingerprint density at radius 3 is 2.62 bits per heavy atom. The van der Waals surface area contributed by atoms with E-state index in [-0.39, 0.29) is 0 Å². The summed E-state index contributed by atoms with van der Waals surface area (Å²) in [5.41, 5.74) is 8.37. The van der Waals surface area contributed by atoms with Crippen molar-refractivity contribution >= 4 is 0 Å². The van der Waals surface area contributed by atoms with Gasteiger partial charge in [0.25, 0.3) is 0 Å². The van der Waals surface area contributed by atoms with Crippen molar-refractivity contribution in [1.29, 1.82) is 0 Å². The predicted octanol–water partition coefficient (Wildman–Crippen LogP) is 2.42. The van der Waals surface area contributed by atoms with E-state index in [2.05, 4.69) is 68.5 Å². The van der Waals surface area contributed by atoms with Gasteiger partial charge in [0.1, 0.15) is 0 Å². The summed E-state index contributed by atoms with van der Waals surface area (Å²) in [6, 6.07) is 8.72. The maximum Gasteiger partial charge on any atom is 0.0296 e. The molecule has 0 radical (unpaired) electrons. The van der Waals surface area contributed by atoms with Crippen LogP contribution in [0.2, 0.25) is 0 Å². The summed E-state index contributed by atoms with van der Waals surface area (Å²) >= 11 is 0. The fraction of sp³-hybridized carbons (Fsp3) is 0.667. The van der Waals surface area contributed by atoms with Crippen LogP contribution in [0, 0.1) is 0 Å². The molecular formula is C18H29N3. The summed E-state index contributed by atoms with van der Waals surface area (Å²) in [7, 11) is 6.60. The van der Waals surface area contributed by atoms with Crippen molar-refractivity contribution in [2.24, 2.45) is 0 Å². The van der Waals surface area contributed by atoms with Gasteiger partial charge in [-0.2, -0.15) is 0 Å². The number of hydrogen-bond donors (Lipinski definition) is 1. The number of benzene rings is 1. The molecule has 0 bridgehead atoms. The quantitative estimate of drug-likeness (QED) is 0.901. The van der Waals surface area contributed by atoms with Crippen LogP contribution >= 0.6 is 0 Å². The smallest absolute Gasteiger partial charge is 0.0296 e. The Balaban J connectivity index is 1.97. The van der Waals surface area contributed by atoms with Gasteiger partial charge >= 0.3 is 0 Å². The van der Waals surface area contributed by atoms with Crippen molar-refractivity contribution in [3.8, 4) is 0 Å². The zero-order chi connectivity index (χ0) is 15.1. The van der Waals surface area contributed by atoms with E-state index in [9.17, 15) is 0 Å². The van der Waals surface area contributed by atoms with Crippen LogP contribution in [0.25, 0.3) is 0 Å². The number of aryl methyl sites for hydroxylation is 1. The highest BCUT2D eigenvalue weighted by Crippen LogP contribution is 2.37. The van der Waals surface area contributed by atoms with Crippen molar-refractivity contribution in [1.82, 2.24) is 15.3 Å². The fourth-order valence-electron chi connectivity index (χ4n) is 4.26. The van der Waals surface area contributed by atoms with Crippen molar-refractivity contribution < 1.29 is 0 Å². The molecule has 116 valence electrons. The van der Waals surface area contributed by atoms with Crippen LogP contribution in [-0.2, 0) is 12.8 Å². The van der Waals surface area contributed by atoms with Crippen LogP contribution in [0.1, 0.15) is 42.9 Å². The van der Waals surface area contributed by atoms with E-state index in [1.807, 2.05) is 0 Å². The first kappa shape index (κ1) is 15.0. The fourth-order valence-corrected chi connectivity index (χ4v) is 4.26. The summed E-state index contributed by atoms with van der Waals surface area (Å²) in [6.45, 7) is 4.66. The molecule has 0 aromatic heterocycles. The normalized spacial score (nSPS) is 33.4. The Kier molecular flexibility index (Phi) is 4.08. The van der Waals surface area contributed by atoms with E-state index >= 15 is 0 Å². The maximum atomic E-state index is 3.58. The van der Waals surface area contributed by atoms with E-state index < -0.39 is 0 Å². The van der Waals surface area contributed by atoms with Gasteiger partial charge in [-0.25, -0.2) is 5.01 Å². The second kappa shape index (κ2) is 5.71. The zero-order valence-electron chi connectivity index (χ0n) is 14.1. The summed E-state index contributed by atoms with van der Waals surface area (Å²) in [6.07, 6.45) is 3.72. The van der Waals surface area contributed by atoms with Gasteiger partial charge in [0.2, 0.25) is 0 Å². The summed E-state index contributed by atoms with van der Waals surface area (Å²) in [5.74, 6) is 0.589. The van der Waals surface area contributed by atoms with Gasteiger partial charge in [-0.3, -0.25) is 5.43 Å². The lowest BCUT2D eigenvalue weighted by Crippen LogP contribution is -2.35. The lowest BCUT2D eigenvalue weighted by atomic mass is 9.78. The molecule has 0 spiro atoms. The Hall–Kier alpha value is -0.900. The van der Waals surface area contributed by atoms with E-state index in [4.69, 9.17) is 0 Å². The monoisotopic (exact) mass is 287 g/mol. The standard InChI is InChI=1S/C18H29N3/c1-12-18(13(2)21(5)19-12)16-8-6-7-14-9-10-15(20(3)4)11-17(14)16/h6-8,12-13,15,18-19H,9-11H2,1-5H3/t12?,13?,15-,18?/m0/s1. The highest BCUT2D eigenvalue weighted by Gasteiger charge is 2.37. The second-order valence-electron chi connectivity index (χ2n) is 7.14. The van der Waals surface area contributed by atoms with Crippen LogP contribution in [0.15, 0.2) is 18.2 Å². The molecule has 21 heavy (non-hydrogen) atoms. The number of hydrazine groups is 1. The minimum atomic E-state index is 0.510. The van der Waals surface area contributed by atoms with Crippen LogP contribution in [-0.4, -0.2) is 49.2 Å². The minimum Gasteiger partial charge on any atom is -0.306 e. The molecule has 1 aromatic carbocycles. The molecule has 3 unspecified atom stereocenters. The molecule has 0 saturated carbocycles. The average molecular weight is 287 g/mol. The predicted molar refractivity (Wildman–Crippen MR) is 88.5 cm³/mol. The molecule has 0 amide bonds. The van der Waals surface area contributed by atoms with Gasteiger partial charge in [0, 0.05) is 31.1 Å². The van der Waals surface area contributed by atoms with E-state index in [0.717, 1.165) is 0 Å². The molecule has 1 aliphatic carbocycles. The number of rotatable bonds is 2. The van der Waals surface area contributed by atoms with Crippen LogP contribution in [0.3, 0.4) is 0 Å². The molecule has 3 heteroatoms. The van der Waals surface area contributed by atoms with Crippen LogP contribution < -0.4 is 5.43 Å². The molecule has 4 atom stereocenters. The molecule has 1 saturated heterocycles. The minimum absolute atomic E-state index is 0.510. The molecule has 1 N–H and O–H groups in total. The lowest BCUT2D eigenvalue weighted by Gasteiger charge is -2.33. The molecular weight excluding hydrogens is 258 g/mol. The summed E-state index contributed by atoms with van der Waals surface area (Å²) in [4.78, 5) is 2.39. The first-order chi connectivity index (χ1) is 9.99. The van der Waals surface area contributed by atoms with Crippen LogP contribution in [0.4, 0.5) is 0 Å². The van der Waals surface area contributed by atoms with Gasteiger partial charge in [-0.05, 0) is 63.9 Å². The molecule has 2 aliphatic rings. The van der Waals surface area contributed by atoms with Gasteiger partial charge in [-0.15, -0.1) is 0 Å². The first-order valence-corrected chi connectivity index (χ1v) is 8.25. The Labute approximate surface area is 129 Å². The van der Waals surface area contributed by atoms with Gasteiger partial charge < -0.3 is 4.90 Å². The van der Waals surface area contributed by atoms with Crippen LogP contribution in [0.5, 0.6) is 0 Å². The topological polar surface area (TPSA) is 18.5 Å². The number of nitrogens with zero attached hydrogens (tertiary/aromatic N) is 2. The second-order valence-corrected chi connectivity index (χ2v) is 7.14. The molecule has 3 nitrogen and oxygen atoms in total. The van der Waals surface area contributed by atoms with E-state index in [1.165, 1.54) is 19.3 Å². The first-order valence-electron chi connectivity index (χ1n) is 8.25. The molecule has 1 heterocycles. The largest absolute Gasteiger partial charge is 0.306 e. The molecule has 1 fully saturated rings. The van der Waals surface area contributed by atoms with Gasteiger partial charge in [0.15, 0.2) is 0 Å². The Bertz CT molecular complexity index is 511. The third-order valence-corrected chi connectivity index (χ3v) is 5.66. The molecule has 1 aromatic rings. The Morgan fingerprint density at radius 2 is 2.00 bits per heavy atom. The third kappa shape index (κ3) is 2.63. The van der Waals surface area contributed by atoms with Gasteiger partial charge in [-0.1, -0.05) is 18.2 Å². The number of nitrogens with one attached hydrogen (secondary N) is 1. The van der Waals surface area contributed by atoms with Crippen molar-refractivity contribution in [2.75, 3.05) is 21.1 Å². The third-order valence-electron chi connectivity index (χ3n) is 5.66. The summed E-state index contributed by atoms with van der Waals surface area (Å²) in [5, 5.41) is 2.28. The number of fused-ring (bicyclic) bond motifs is 1. The average Bonchev–Trinajstić information content (AvgIpc) is 2.71.